The molecule has 0 radical (unpaired) electrons. The van der Waals surface area contributed by atoms with E-state index >= 15 is 0 Å². The van der Waals surface area contributed by atoms with Gasteiger partial charge in [-0.1, -0.05) is 48.0 Å². The van der Waals surface area contributed by atoms with Gasteiger partial charge in [-0.05, 0) is 38.4 Å². The van der Waals surface area contributed by atoms with E-state index in [4.69, 9.17) is 4.99 Å². The van der Waals surface area contributed by atoms with Crippen molar-refractivity contribution in [3.05, 3.63) is 65.2 Å². The molecule has 4 heteroatoms. The Morgan fingerprint density at radius 2 is 1.77 bits per heavy atom. The molecule has 2 N–H and O–H groups in total. The summed E-state index contributed by atoms with van der Waals surface area (Å²) in [5, 5.41) is 14.2. The fourth-order valence-electron chi connectivity index (χ4n) is 4.05. The first kappa shape index (κ1) is 17.3. The van der Waals surface area contributed by atoms with E-state index in [1.807, 2.05) is 18.2 Å². The van der Waals surface area contributed by atoms with E-state index in [9.17, 15) is 5.11 Å². The van der Waals surface area contributed by atoms with Crippen LogP contribution in [0.2, 0.25) is 0 Å². The van der Waals surface area contributed by atoms with Gasteiger partial charge in [0.2, 0.25) is 0 Å². The molecule has 2 aliphatic rings. The van der Waals surface area contributed by atoms with Crippen molar-refractivity contribution in [3.8, 4) is 5.75 Å². The van der Waals surface area contributed by atoms with Crippen LogP contribution in [0.4, 0.5) is 0 Å². The van der Waals surface area contributed by atoms with Crippen molar-refractivity contribution in [1.29, 1.82) is 0 Å². The Balaban J connectivity index is 1.73. The zero-order valence-electron chi connectivity index (χ0n) is 15.6. The Morgan fingerprint density at radius 1 is 1.08 bits per heavy atom. The summed E-state index contributed by atoms with van der Waals surface area (Å²) in [5.74, 6) is 0.359. The van der Waals surface area contributed by atoms with Crippen molar-refractivity contribution in [1.82, 2.24) is 10.2 Å². The number of aryl methyl sites for hydroxylation is 1. The predicted octanol–water partition coefficient (Wildman–Crippen LogP) is 3.65. The Kier molecular flexibility index (Phi) is 4.55. The second kappa shape index (κ2) is 6.86. The maximum atomic E-state index is 10.4. The van der Waals surface area contributed by atoms with Crippen LogP contribution in [0.15, 0.2) is 53.5 Å². The Bertz CT molecular complexity index is 804. The summed E-state index contributed by atoms with van der Waals surface area (Å²) in [6, 6.07) is 16.4. The second-order valence-electron chi connectivity index (χ2n) is 7.72. The molecule has 4 nitrogen and oxygen atoms in total. The van der Waals surface area contributed by atoms with Gasteiger partial charge >= 0.3 is 0 Å². The Labute approximate surface area is 155 Å². The predicted molar refractivity (Wildman–Crippen MR) is 106 cm³/mol. The van der Waals surface area contributed by atoms with E-state index in [0.717, 1.165) is 43.6 Å². The zero-order chi connectivity index (χ0) is 18.1. The fraction of sp³-hybridized carbons (Fsp3) is 0.409. The number of nitrogens with zero attached hydrogens (tertiary/aromatic N) is 2. The topological polar surface area (TPSA) is 47.9 Å². The summed E-state index contributed by atoms with van der Waals surface area (Å²) < 4.78 is 0. The highest BCUT2D eigenvalue weighted by molar-refractivity contribution is 6.01. The number of aliphatic imine (C=N–C) groups is 1. The minimum absolute atomic E-state index is 0.0772. The van der Waals surface area contributed by atoms with E-state index in [1.54, 1.807) is 6.07 Å². The lowest BCUT2D eigenvalue weighted by atomic mass is 9.87. The lowest BCUT2D eigenvalue weighted by Crippen LogP contribution is -2.55. The summed E-state index contributed by atoms with van der Waals surface area (Å²) in [4.78, 5) is 7.57. The quantitative estimate of drug-likeness (QED) is 0.870. The minimum Gasteiger partial charge on any atom is -0.508 e. The highest BCUT2D eigenvalue weighted by Crippen LogP contribution is 2.37. The first-order valence-corrected chi connectivity index (χ1v) is 9.45. The normalized spacial score (nSPS) is 23.0. The van der Waals surface area contributed by atoms with Gasteiger partial charge in [0.15, 0.2) is 0 Å². The van der Waals surface area contributed by atoms with Crippen LogP contribution in [0.1, 0.15) is 42.0 Å². The molecule has 0 aliphatic carbocycles. The molecule has 0 aromatic heterocycles. The molecule has 0 amide bonds. The van der Waals surface area contributed by atoms with Crippen LogP contribution in [0, 0.1) is 6.92 Å². The SMILES string of the molecule is Cc1ccc(C2=NC3(CCN(C)CC3)NC(c3ccccc3O)C2)cc1. The molecule has 2 aromatic rings. The molecule has 1 saturated heterocycles. The van der Waals surface area contributed by atoms with Crippen LogP contribution in [0.25, 0.3) is 0 Å². The molecular formula is C22H27N3O. The molecule has 1 spiro atoms. The van der Waals surface area contributed by atoms with Crippen molar-refractivity contribution >= 4 is 5.71 Å². The summed E-state index contributed by atoms with van der Waals surface area (Å²) in [6.07, 6.45) is 2.77. The number of phenolic OH excluding ortho intramolecular Hbond substituents is 1. The molecule has 4 rings (SSSR count). The van der Waals surface area contributed by atoms with Crippen LogP contribution in [0.5, 0.6) is 5.75 Å². The Morgan fingerprint density at radius 3 is 2.46 bits per heavy atom. The monoisotopic (exact) mass is 349 g/mol. The number of aromatic hydroxyl groups is 1. The van der Waals surface area contributed by atoms with E-state index < -0.39 is 0 Å². The maximum absolute atomic E-state index is 10.4. The highest BCUT2D eigenvalue weighted by Gasteiger charge is 2.39. The average molecular weight is 349 g/mol. The number of para-hydroxylation sites is 1. The molecule has 1 atom stereocenters. The number of likely N-dealkylation sites (tertiary alicyclic amines) is 1. The number of nitrogens with one attached hydrogen (secondary N) is 1. The van der Waals surface area contributed by atoms with Gasteiger partial charge in [0.25, 0.3) is 0 Å². The number of rotatable bonds is 2. The molecule has 1 fully saturated rings. The molecule has 0 bridgehead atoms. The molecule has 2 heterocycles. The van der Waals surface area contributed by atoms with Gasteiger partial charge in [0.05, 0.1) is 0 Å². The van der Waals surface area contributed by atoms with Crippen LogP contribution in [-0.4, -0.2) is 41.5 Å². The van der Waals surface area contributed by atoms with Crippen LogP contribution in [0.3, 0.4) is 0 Å². The van der Waals surface area contributed by atoms with Crippen molar-refractivity contribution in [2.24, 2.45) is 4.99 Å². The first-order chi connectivity index (χ1) is 12.5. The molecule has 1 unspecified atom stereocenters. The molecule has 2 aromatic carbocycles. The zero-order valence-corrected chi connectivity index (χ0v) is 15.6. The van der Waals surface area contributed by atoms with Gasteiger partial charge < -0.3 is 10.0 Å². The summed E-state index contributed by atoms with van der Waals surface area (Å²) in [5.41, 5.74) is 4.31. The molecule has 136 valence electrons. The number of phenols is 1. The second-order valence-corrected chi connectivity index (χ2v) is 7.72. The van der Waals surface area contributed by atoms with E-state index in [1.165, 1.54) is 11.1 Å². The number of hydrogen-bond acceptors (Lipinski definition) is 4. The Hall–Kier alpha value is -2.17. The summed E-state index contributed by atoms with van der Waals surface area (Å²) >= 11 is 0. The van der Waals surface area contributed by atoms with E-state index in [0.29, 0.717) is 5.75 Å². The highest BCUT2D eigenvalue weighted by atomic mass is 16.3. The van der Waals surface area contributed by atoms with Crippen molar-refractivity contribution in [2.45, 2.75) is 37.9 Å². The van der Waals surface area contributed by atoms with Crippen LogP contribution < -0.4 is 5.32 Å². The van der Waals surface area contributed by atoms with Crippen LogP contribution >= 0.6 is 0 Å². The fourth-order valence-corrected chi connectivity index (χ4v) is 4.05. The smallest absolute Gasteiger partial charge is 0.120 e. The van der Waals surface area contributed by atoms with Crippen molar-refractivity contribution in [2.75, 3.05) is 20.1 Å². The summed E-state index contributed by atoms with van der Waals surface area (Å²) in [6.45, 7) is 4.17. The van der Waals surface area contributed by atoms with Gasteiger partial charge in [-0.15, -0.1) is 0 Å². The average Bonchev–Trinajstić information content (AvgIpc) is 2.65. The van der Waals surface area contributed by atoms with E-state index in [2.05, 4.69) is 48.5 Å². The maximum Gasteiger partial charge on any atom is 0.120 e. The lowest BCUT2D eigenvalue weighted by molar-refractivity contribution is 0.144. The standard InChI is InChI=1S/C22H27N3O/c1-16-7-9-17(10-8-16)19-15-20(18-5-3-4-6-21(18)26)24-22(23-19)11-13-25(2)14-12-22/h3-10,20,24,26H,11-15H2,1-2H3. The molecule has 2 aliphatic heterocycles. The molecule has 26 heavy (non-hydrogen) atoms. The third-order valence-corrected chi connectivity index (χ3v) is 5.70. The molecular weight excluding hydrogens is 322 g/mol. The van der Waals surface area contributed by atoms with Gasteiger partial charge in [-0.25, -0.2) is 0 Å². The summed E-state index contributed by atoms with van der Waals surface area (Å²) in [7, 11) is 2.17. The van der Waals surface area contributed by atoms with E-state index in [-0.39, 0.29) is 11.7 Å². The van der Waals surface area contributed by atoms with Crippen molar-refractivity contribution < 1.29 is 5.11 Å². The third-order valence-electron chi connectivity index (χ3n) is 5.70. The van der Waals surface area contributed by atoms with Gasteiger partial charge in [-0.2, -0.15) is 0 Å². The third kappa shape index (κ3) is 3.39. The van der Waals surface area contributed by atoms with Gasteiger partial charge in [-0.3, -0.25) is 10.3 Å². The van der Waals surface area contributed by atoms with Crippen molar-refractivity contribution in [3.63, 3.8) is 0 Å². The van der Waals surface area contributed by atoms with Gasteiger partial charge in [0.1, 0.15) is 11.4 Å². The number of benzene rings is 2. The minimum atomic E-state index is -0.238. The number of piperidine rings is 1. The number of hydrogen-bond donors (Lipinski definition) is 2. The first-order valence-electron chi connectivity index (χ1n) is 9.45. The largest absolute Gasteiger partial charge is 0.508 e. The van der Waals surface area contributed by atoms with Gasteiger partial charge in [0, 0.05) is 36.8 Å². The lowest BCUT2D eigenvalue weighted by Gasteiger charge is -2.44. The van der Waals surface area contributed by atoms with Crippen LogP contribution in [-0.2, 0) is 0 Å². The molecule has 0 saturated carbocycles.